The van der Waals surface area contributed by atoms with Gasteiger partial charge in [-0.1, -0.05) is 43.5 Å². The normalized spacial score (nSPS) is 14.9. The summed E-state index contributed by atoms with van der Waals surface area (Å²) >= 11 is 1.54. The van der Waals surface area contributed by atoms with Crippen molar-refractivity contribution in [2.45, 2.75) is 51.6 Å². The molecule has 0 unspecified atom stereocenters. The van der Waals surface area contributed by atoms with Crippen LogP contribution in [-0.4, -0.2) is 27.4 Å². The summed E-state index contributed by atoms with van der Waals surface area (Å²) in [5.74, 6) is 0.400. The zero-order chi connectivity index (χ0) is 25.8. The van der Waals surface area contributed by atoms with Crippen LogP contribution in [0.4, 0.5) is 24.0 Å². The van der Waals surface area contributed by atoms with E-state index in [0.717, 1.165) is 46.8 Å². The van der Waals surface area contributed by atoms with Crippen LogP contribution in [0.15, 0.2) is 60.1 Å². The highest BCUT2D eigenvalue weighted by atomic mass is 32.1. The van der Waals surface area contributed by atoms with Gasteiger partial charge in [0.2, 0.25) is 0 Å². The number of rotatable bonds is 9. The van der Waals surface area contributed by atoms with Gasteiger partial charge in [-0.2, -0.15) is 0 Å². The van der Waals surface area contributed by atoms with E-state index >= 15 is 0 Å². The number of hydrogen-bond acceptors (Lipinski definition) is 5. The van der Waals surface area contributed by atoms with E-state index in [2.05, 4.69) is 31.7 Å². The quantitative estimate of drug-likeness (QED) is 0.240. The lowest BCUT2D eigenvalue weighted by Crippen LogP contribution is -2.30. The van der Waals surface area contributed by atoms with Crippen molar-refractivity contribution in [3.05, 3.63) is 71.4 Å². The van der Waals surface area contributed by atoms with Gasteiger partial charge in [-0.15, -0.1) is 24.5 Å². The first-order valence-electron chi connectivity index (χ1n) is 12.7. The summed E-state index contributed by atoms with van der Waals surface area (Å²) < 4.78 is 45.4. The molecule has 196 valence electrons. The maximum absolute atomic E-state index is 13.0. The number of nitrogens with zero attached hydrogens (tertiary/aromatic N) is 3. The Kier molecular flexibility index (Phi) is 7.71. The van der Waals surface area contributed by atoms with E-state index in [1.165, 1.54) is 36.7 Å². The number of para-hydroxylation sites is 1. The molecule has 4 aromatic rings. The molecule has 2 aromatic carbocycles. The average Bonchev–Trinajstić information content (AvgIpc) is 3.47. The standard InChI is InChI=1S/C28H31F3N4OS/c1-34-15-14-23-24(11-7-12-25(23)34)33-27-32-22(19-37-27)18-35(16-20-8-3-2-4-9-20)17-21-10-5-6-13-26(21)36-28(29,30)31/h5-7,10-15,19-20H,2-4,8-9,16-18H2,1H3,(H,32,33). The SMILES string of the molecule is Cn1ccc2c(Nc3nc(CN(Cc4ccccc4OC(F)(F)F)CC4CCCCC4)cs3)cccc21. The molecule has 2 heterocycles. The largest absolute Gasteiger partial charge is 0.573 e. The van der Waals surface area contributed by atoms with Crippen LogP contribution in [0, 0.1) is 5.92 Å². The van der Waals surface area contributed by atoms with Gasteiger partial charge in [-0.05, 0) is 43.0 Å². The third kappa shape index (κ3) is 6.64. The molecule has 1 saturated carbocycles. The smallest absolute Gasteiger partial charge is 0.405 e. The fourth-order valence-electron chi connectivity index (χ4n) is 5.21. The predicted molar refractivity (Wildman–Crippen MR) is 142 cm³/mol. The average molecular weight is 529 g/mol. The molecule has 0 spiro atoms. The molecule has 0 saturated heterocycles. The number of hydrogen-bond donors (Lipinski definition) is 1. The molecule has 0 radical (unpaired) electrons. The second-order valence-corrected chi connectivity index (χ2v) is 10.6. The minimum atomic E-state index is -4.72. The van der Waals surface area contributed by atoms with Gasteiger partial charge in [-0.3, -0.25) is 4.90 Å². The van der Waals surface area contributed by atoms with Crippen molar-refractivity contribution in [1.29, 1.82) is 0 Å². The zero-order valence-corrected chi connectivity index (χ0v) is 21.6. The van der Waals surface area contributed by atoms with E-state index in [1.807, 2.05) is 30.8 Å². The van der Waals surface area contributed by atoms with Gasteiger partial charge in [-0.25, -0.2) is 4.98 Å². The zero-order valence-electron chi connectivity index (χ0n) is 20.8. The summed E-state index contributed by atoms with van der Waals surface area (Å²) in [7, 11) is 2.02. The van der Waals surface area contributed by atoms with Crippen LogP contribution < -0.4 is 10.1 Å². The molecular weight excluding hydrogens is 497 g/mol. The Hall–Kier alpha value is -3.04. The van der Waals surface area contributed by atoms with Gasteiger partial charge >= 0.3 is 6.36 Å². The van der Waals surface area contributed by atoms with Crippen LogP contribution in [0.3, 0.4) is 0 Å². The van der Waals surface area contributed by atoms with Crippen molar-refractivity contribution >= 4 is 33.1 Å². The highest BCUT2D eigenvalue weighted by Crippen LogP contribution is 2.32. The summed E-state index contributed by atoms with van der Waals surface area (Å²) in [5.41, 5.74) is 3.56. The second-order valence-electron chi connectivity index (χ2n) is 9.76. The fourth-order valence-corrected chi connectivity index (χ4v) is 5.93. The molecule has 0 aliphatic heterocycles. The number of aromatic nitrogens is 2. The highest BCUT2D eigenvalue weighted by molar-refractivity contribution is 7.13. The van der Waals surface area contributed by atoms with Gasteiger partial charge in [0, 0.05) is 60.4 Å². The molecule has 2 aromatic heterocycles. The van der Waals surface area contributed by atoms with Gasteiger partial charge in [0.25, 0.3) is 0 Å². The van der Waals surface area contributed by atoms with Crippen LogP contribution in [0.5, 0.6) is 5.75 Å². The van der Waals surface area contributed by atoms with E-state index in [-0.39, 0.29) is 5.75 Å². The molecular formula is C28H31F3N4OS. The Morgan fingerprint density at radius 3 is 2.68 bits per heavy atom. The maximum Gasteiger partial charge on any atom is 0.573 e. The monoisotopic (exact) mass is 528 g/mol. The van der Waals surface area contributed by atoms with Crippen molar-refractivity contribution in [3.63, 3.8) is 0 Å². The molecule has 37 heavy (non-hydrogen) atoms. The molecule has 0 bridgehead atoms. The molecule has 9 heteroatoms. The Morgan fingerprint density at radius 2 is 1.86 bits per heavy atom. The van der Waals surface area contributed by atoms with Crippen molar-refractivity contribution in [1.82, 2.24) is 14.5 Å². The summed E-state index contributed by atoms with van der Waals surface area (Å²) in [6.45, 7) is 1.75. The highest BCUT2D eigenvalue weighted by Gasteiger charge is 2.32. The van der Waals surface area contributed by atoms with Crippen LogP contribution >= 0.6 is 11.3 Å². The lowest BCUT2D eigenvalue weighted by molar-refractivity contribution is -0.275. The number of ether oxygens (including phenoxy) is 1. The third-order valence-corrected chi connectivity index (χ3v) is 7.75. The predicted octanol–water partition coefficient (Wildman–Crippen LogP) is 7.86. The van der Waals surface area contributed by atoms with Crippen molar-refractivity contribution < 1.29 is 17.9 Å². The molecule has 1 fully saturated rings. The number of thiazole rings is 1. The minimum Gasteiger partial charge on any atom is -0.405 e. The second kappa shape index (κ2) is 11.1. The molecule has 1 N–H and O–H groups in total. The number of halogens is 3. The first kappa shape index (κ1) is 25.6. The topological polar surface area (TPSA) is 42.3 Å². The van der Waals surface area contributed by atoms with Crippen molar-refractivity contribution in [3.8, 4) is 5.75 Å². The van der Waals surface area contributed by atoms with Gasteiger partial charge < -0.3 is 14.6 Å². The molecule has 1 aliphatic carbocycles. The Morgan fingerprint density at radius 1 is 1.05 bits per heavy atom. The number of benzene rings is 2. The lowest BCUT2D eigenvalue weighted by atomic mass is 9.89. The fraction of sp³-hybridized carbons (Fsp3) is 0.393. The van der Waals surface area contributed by atoms with Gasteiger partial charge in [0.05, 0.1) is 5.69 Å². The van der Waals surface area contributed by atoms with Crippen molar-refractivity contribution in [2.24, 2.45) is 13.0 Å². The van der Waals surface area contributed by atoms with Gasteiger partial charge in [0.15, 0.2) is 5.13 Å². The molecule has 5 nitrogen and oxygen atoms in total. The first-order valence-corrected chi connectivity index (χ1v) is 13.5. The Balaban J connectivity index is 1.33. The summed E-state index contributed by atoms with van der Waals surface area (Å²) in [5, 5.41) is 7.40. The number of fused-ring (bicyclic) bond motifs is 1. The van der Waals surface area contributed by atoms with E-state index < -0.39 is 6.36 Å². The first-order chi connectivity index (χ1) is 17.8. The maximum atomic E-state index is 13.0. The molecule has 5 rings (SSSR count). The van der Waals surface area contributed by atoms with Crippen LogP contribution in [-0.2, 0) is 20.1 Å². The minimum absolute atomic E-state index is 0.139. The van der Waals surface area contributed by atoms with Crippen molar-refractivity contribution in [2.75, 3.05) is 11.9 Å². The van der Waals surface area contributed by atoms with Gasteiger partial charge in [0.1, 0.15) is 5.75 Å². The van der Waals surface area contributed by atoms with Crippen LogP contribution in [0.2, 0.25) is 0 Å². The van der Waals surface area contributed by atoms with E-state index in [1.54, 1.807) is 18.2 Å². The van der Waals surface area contributed by atoms with Crippen LogP contribution in [0.25, 0.3) is 10.9 Å². The lowest BCUT2D eigenvalue weighted by Gasteiger charge is -2.30. The number of alkyl halides is 3. The molecule has 0 atom stereocenters. The summed E-state index contributed by atoms with van der Waals surface area (Å²) in [4.78, 5) is 7.04. The Labute approximate surface area is 218 Å². The molecule has 1 aliphatic rings. The number of nitrogens with one attached hydrogen (secondary N) is 1. The summed E-state index contributed by atoms with van der Waals surface area (Å²) in [6.07, 6.45) is 3.30. The van der Waals surface area contributed by atoms with Crippen LogP contribution in [0.1, 0.15) is 43.4 Å². The number of aryl methyl sites for hydroxylation is 1. The molecule has 0 amide bonds. The number of anilines is 2. The van der Waals surface area contributed by atoms with E-state index in [9.17, 15) is 13.2 Å². The van der Waals surface area contributed by atoms with E-state index in [4.69, 9.17) is 4.98 Å². The third-order valence-electron chi connectivity index (χ3n) is 6.94. The van der Waals surface area contributed by atoms with E-state index in [0.29, 0.717) is 24.6 Å². The summed E-state index contributed by atoms with van der Waals surface area (Å²) in [6, 6.07) is 14.6. The Bertz CT molecular complexity index is 1330.